The van der Waals surface area contributed by atoms with E-state index in [-0.39, 0.29) is 18.1 Å². The second-order valence-electron chi connectivity index (χ2n) is 10.3. The predicted molar refractivity (Wildman–Crippen MR) is 132 cm³/mol. The van der Waals surface area contributed by atoms with Crippen molar-refractivity contribution in [2.75, 3.05) is 32.8 Å². The molecule has 2 N–H and O–H groups in total. The van der Waals surface area contributed by atoms with E-state index in [1.165, 1.54) is 0 Å². The Hall–Kier alpha value is -1.34. The van der Waals surface area contributed by atoms with Crippen molar-refractivity contribution in [3.05, 3.63) is 34.2 Å². The number of nitrogens with zero attached hydrogens (tertiary/aromatic N) is 1. The lowest BCUT2D eigenvalue weighted by atomic mass is 9.51. The van der Waals surface area contributed by atoms with E-state index >= 15 is 0 Å². The second-order valence-corrected chi connectivity index (χ2v) is 11.7. The summed E-state index contributed by atoms with van der Waals surface area (Å²) in [7, 11) is 0. The first-order valence-corrected chi connectivity index (χ1v) is 13.0. The molecular formula is C25H35ClN2O3S. The van der Waals surface area contributed by atoms with Gasteiger partial charge in [-0.05, 0) is 52.8 Å². The number of carbonyl (C=O) groups excluding carboxylic acids is 1. The van der Waals surface area contributed by atoms with Crippen molar-refractivity contribution in [3.8, 4) is 0 Å². The fourth-order valence-corrected chi connectivity index (χ4v) is 6.97. The molecule has 1 saturated carbocycles. The Morgan fingerprint density at radius 2 is 1.91 bits per heavy atom. The van der Waals surface area contributed by atoms with Gasteiger partial charge in [-0.15, -0.1) is 11.3 Å². The maximum absolute atomic E-state index is 13.0. The second kappa shape index (κ2) is 9.13. The number of thiophene rings is 1. The molecule has 1 amide bonds. The first kappa shape index (κ1) is 23.8. The number of halogens is 1. The summed E-state index contributed by atoms with van der Waals surface area (Å²) in [6, 6.07) is 5.94. The number of amides is 1. The summed E-state index contributed by atoms with van der Waals surface area (Å²) >= 11 is 8.07. The molecule has 4 rings (SSSR count). The molecule has 5 nitrogen and oxygen atoms in total. The number of hydrogen-bond donors (Lipinski definition) is 2. The Kier molecular flexibility index (Phi) is 6.79. The summed E-state index contributed by atoms with van der Waals surface area (Å²) in [6.45, 7) is 9.46. The number of benzene rings is 1. The van der Waals surface area contributed by atoms with Crippen molar-refractivity contribution in [1.82, 2.24) is 10.2 Å². The van der Waals surface area contributed by atoms with Crippen molar-refractivity contribution in [3.63, 3.8) is 0 Å². The van der Waals surface area contributed by atoms with Crippen molar-refractivity contribution < 1.29 is 14.6 Å². The number of fused-ring (bicyclic) bond motifs is 1. The van der Waals surface area contributed by atoms with E-state index < -0.39 is 11.0 Å². The topological polar surface area (TPSA) is 61.8 Å². The molecule has 1 saturated heterocycles. The summed E-state index contributed by atoms with van der Waals surface area (Å²) < 4.78 is 7.20. The molecule has 32 heavy (non-hydrogen) atoms. The Labute approximate surface area is 200 Å². The molecular weight excluding hydrogens is 444 g/mol. The zero-order valence-electron chi connectivity index (χ0n) is 19.4. The normalized spacial score (nSPS) is 21.3. The van der Waals surface area contributed by atoms with Crippen LogP contribution in [0.15, 0.2) is 23.6 Å². The van der Waals surface area contributed by atoms with E-state index in [4.69, 9.17) is 16.3 Å². The smallest absolute Gasteiger partial charge is 0.409 e. The molecule has 1 atom stereocenters. The quantitative estimate of drug-likeness (QED) is 0.602. The van der Waals surface area contributed by atoms with Crippen molar-refractivity contribution in [1.29, 1.82) is 0 Å². The number of aliphatic hydroxyl groups is 1. The molecule has 1 aromatic carbocycles. The molecule has 2 heterocycles. The molecule has 176 valence electrons. The van der Waals surface area contributed by atoms with Crippen LogP contribution in [0.2, 0.25) is 5.02 Å². The van der Waals surface area contributed by atoms with E-state index in [0.717, 1.165) is 48.0 Å². The number of ether oxygens (including phenoxy) is 1. The minimum atomic E-state index is -0.969. The van der Waals surface area contributed by atoms with E-state index in [1.54, 1.807) is 16.2 Å². The lowest BCUT2D eigenvalue weighted by Crippen LogP contribution is -2.62. The van der Waals surface area contributed by atoms with Gasteiger partial charge in [-0.3, -0.25) is 0 Å². The highest BCUT2D eigenvalue weighted by Gasteiger charge is 2.59. The molecule has 7 heteroatoms. The number of nitrogens with one attached hydrogen (secondary N) is 1. The van der Waals surface area contributed by atoms with Crippen LogP contribution >= 0.6 is 22.9 Å². The van der Waals surface area contributed by atoms with Crippen LogP contribution in [0.5, 0.6) is 0 Å². The molecule has 2 aliphatic rings. The number of hydrogen-bond acceptors (Lipinski definition) is 5. The molecule has 0 bridgehead atoms. The molecule has 0 spiro atoms. The van der Waals surface area contributed by atoms with Crippen LogP contribution < -0.4 is 5.32 Å². The highest BCUT2D eigenvalue weighted by atomic mass is 35.5. The Morgan fingerprint density at radius 3 is 2.56 bits per heavy atom. The summed E-state index contributed by atoms with van der Waals surface area (Å²) in [6.07, 6.45) is 4.18. The van der Waals surface area contributed by atoms with Crippen LogP contribution in [0, 0.1) is 5.41 Å². The number of carbonyl (C=O) groups is 1. The van der Waals surface area contributed by atoms with Crippen LogP contribution in [0.1, 0.15) is 58.4 Å². The first-order valence-electron chi connectivity index (χ1n) is 11.7. The van der Waals surface area contributed by atoms with Crippen LogP contribution in [0.25, 0.3) is 10.1 Å². The summed E-state index contributed by atoms with van der Waals surface area (Å²) in [4.78, 5) is 14.8. The predicted octanol–water partition coefficient (Wildman–Crippen LogP) is 5.58. The average molecular weight is 479 g/mol. The molecule has 0 radical (unpaired) electrons. The third-order valence-corrected chi connectivity index (χ3v) is 8.74. The van der Waals surface area contributed by atoms with Gasteiger partial charge < -0.3 is 20.1 Å². The maximum atomic E-state index is 13.0. The molecule has 1 aliphatic heterocycles. The lowest BCUT2D eigenvalue weighted by molar-refractivity contribution is -0.132. The largest absolute Gasteiger partial charge is 0.448 e. The van der Waals surface area contributed by atoms with Gasteiger partial charge >= 0.3 is 6.09 Å². The molecule has 2 fully saturated rings. The number of rotatable bonds is 4. The van der Waals surface area contributed by atoms with E-state index in [2.05, 4.69) is 31.5 Å². The Balaban J connectivity index is 1.82. The fourth-order valence-electron chi connectivity index (χ4n) is 5.79. The van der Waals surface area contributed by atoms with Gasteiger partial charge in [-0.2, -0.15) is 0 Å². The Morgan fingerprint density at radius 1 is 1.22 bits per heavy atom. The van der Waals surface area contributed by atoms with E-state index in [0.29, 0.717) is 31.0 Å². The molecule has 1 aliphatic carbocycles. The van der Waals surface area contributed by atoms with Crippen LogP contribution in [0.3, 0.4) is 0 Å². The summed E-state index contributed by atoms with van der Waals surface area (Å²) in [5, 5.41) is 19.4. The van der Waals surface area contributed by atoms with Crippen LogP contribution in [-0.4, -0.2) is 54.5 Å². The van der Waals surface area contributed by atoms with E-state index in [1.807, 2.05) is 18.2 Å². The van der Waals surface area contributed by atoms with Gasteiger partial charge in [0.1, 0.15) is 6.61 Å². The third-order valence-electron chi connectivity index (χ3n) is 7.54. The first-order chi connectivity index (χ1) is 15.2. The minimum Gasteiger partial charge on any atom is -0.448 e. The highest BCUT2D eigenvalue weighted by Crippen LogP contribution is 2.56. The van der Waals surface area contributed by atoms with Gasteiger partial charge in [0.05, 0.1) is 11.0 Å². The Bertz CT molecular complexity index is 958. The van der Waals surface area contributed by atoms with Gasteiger partial charge in [0.25, 0.3) is 0 Å². The molecule has 1 aromatic heterocycles. The van der Waals surface area contributed by atoms with Crippen molar-refractivity contribution >= 4 is 39.1 Å². The van der Waals surface area contributed by atoms with Crippen LogP contribution in [-0.2, 0) is 10.2 Å². The summed E-state index contributed by atoms with van der Waals surface area (Å²) in [5.74, 6) is 0. The minimum absolute atomic E-state index is 0.147. The zero-order valence-corrected chi connectivity index (χ0v) is 21.0. The molecule has 1 unspecified atom stereocenters. The standard InChI is InChI=1S/C25H35ClN2O3S/c1-23(2,3)25(24(30)9-5-4-6-10-24,17-31-22(29)28-13-11-27-12-14-28)20-16-32-21-8-7-18(26)15-19(20)21/h7-8,15-16,27,30H,4-6,9-14,17H2,1-3H3. The third kappa shape index (κ3) is 4.15. The summed E-state index contributed by atoms with van der Waals surface area (Å²) in [5.41, 5.74) is -1.04. The van der Waals surface area contributed by atoms with Gasteiger partial charge in [0, 0.05) is 35.9 Å². The number of piperazine rings is 1. The van der Waals surface area contributed by atoms with Gasteiger partial charge in [0.2, 0.25) is 0 Å². The SMILES string of the molecule is CC(C)(C)C(COC(=O)N1CCNCC1)(c1csc2ccc(Cl)cc12)C1(O)CCCCC1. The van der Waals surface area contributed by atoms with Gasteiger partial charge in [-0.25, -0.2) is 4.79 Å². The lowest BCUT2D eigenvalue weighted by Gasteiger charge is -2.56. The highest BCUT2D eigenvalue weighted by molar-refractivity contribution is 7.17. The van der Waals surface area contributed by atoms with Gasteiger partial charge in [-0.1, -0.05) is 51.6 Å². The van der Waals surface area contributed by atoms with Crippen molar-refractivity contribution in [2.24, 2.45) is 5.41 Å². The van der Waals surface area contributed by atoms with Crippen LogP contribution in [0.4, 0.5) is 4.79 Å². The maximum Gasteiger partial charge on any atom is 0.409 e. The van der Waals surface area contributed by atoms with Gasteiger partial charge in [0.15, 0.2) is 0 Å². The fraction of sp³-hybridized carbons (Fsp3) is 0.640. The van der Waals surface area contributed by atoms with E-state index in [9.17, 15) is 9.90 Å². The zero-order chi connectivity index (χ0) is 23.0. The molecule has 2 aromatic rings. The average Bonchev–Trinajstić information content (AvgIpc) is 3.17. The monoisotopic (exact) mass is 478 g/mol. The van der Waals surface area contributed by atoms with Crippen molar-refractivity contribution in [2.45, 2.75) is 63.9 Å².